The van der Waals surface area contributed by atoms with Crippen LogP contribution in [0.3, 0.4) is 0 Å². The summed E-state index contributed by atoms with van der Waals surface area (Å²) >= 11 is 5.21. The van der Waals surface area contributed by atoms with Crippen molar-refractivity contribution in [1.82, 2.24) is 4.90 Å². The Morgan fingerprint density at radius 1 is 1.67 bits per heavy atom. The highest BCUT2D eigenvalue weighted by molar-refractivity contribution is 9.10. The number of thiophene rings is 1. The fourth-order valence-electron chi connectivity index (χ4n) is 1.36. The number of ether oxygens (including phenoxy) is 1. The van der Waals surface area contributed by atoms with Crippen molar-refractivity contribution in [3.8, 4) is 0 Å². The summed E-state index contributed by atoms with van der Waals surface area (Å²) in [6.07, 6.45) is 0.124. The molecule has 0 bridgehead atoms. The van der Waals surface area contributed by atoms with E-state index in [2.05, 4.69) is 39.3 Å². The zero-order chi connectivity index (χ0) is 11.3. The molecule has 5 heteroatoms. The van der Waals surface area contributed by atoms with Gasteiger partial charge in [-0.2, -0.15) is 0 Å². The molecular weight excluding hydrogens is 276 g/mol. The third-order valence-electron chi connectivity index (χ3n) is 2.16. The first-order valence-corrected chi connectivity index (χ1v) is 6.47. The summed E-state index contributed by atoms with van der Waals surface area (Å²) in [5.41, 5.74) is 5.57. The molecule has 1 heterocycles. The Kier molecular flexibility index (Phi) is 5.78. The van der Waals surface area contributed by atoms with Gasteiger partial charge in [0.15, 0.2) is 0 Å². The smallest absolute Gasteiger partial charge is 0.0820 e. The van der Waals surface area contributed by atoms with Gasteiger partial charge in [-0.15, -0.1) is 11.3 Å². The molecule has 0 aliphatic rings. The van der Waals surface area contributed by atoms with Gasteiger partial charge in [0.05, 0.1) is 6.10 Å². The molecule has 0 saturated carbocycles. The molecule has 86 valence electrons. The summed E-state index contributed by atoms with van der Waals surface area (Å²) < 4.78 is 6.39. The maximum atomic E-state index is 5.57. The molecule has 15 heavy (non-hydrogen) atoms. The highest BCUT2D eigenvalue weighted by Gasteiger charge is 2.09. The molecule has 1 rings (SSSR count). The van der Waals surface area contributed by atoms with Gasteiger partial charge in [-0.25, -0.2) is 0 Å². The van der Waals surface area contributed by atoms with Crippen LogP contribution >= 0.6 is 27.3 Å². The highest BCUT2D eigenvalue weighted by atomic mass is 79.9. The molecule has 0 aliphatic heterocycles. The van der Waals surface area contributed by atoms with Crippen molar-refractivity contribution in [3.63, 3.8) is 0 Å². The van der Waals surface area contributed by atoms with E-state index in [1.807, 2.05) is 0 Å². The van der Waals surface area contributed by atoms with Crippen molar-refractivity contribution >= 4 is 27.3 Å². The van der Waals surface area contributed by atoms with Crippen molar-refractivity contribution in [3.05, 3.63) is 20.8 Å². The van der Waals surface area contributed by atoms with Gasteiger partial charge in [-0.3, -0.25) is 4.90 Å². The molecule has 0 spiro atoms. The van der Waals surface area contributed by atoms with Crippen LogP contribution in [-0.2, 0) is 11.3 Å². The average Bonchev–Trinajstić information content (AvgIpc) is 2.60. The van der Waals surface area contributed by atoms with E-state index in [9.17, 15) is 0 Å². The van der Waals surface area contributed by atoms with Crippen LogP contribution < -0.4 is 5.73 Å². The van der Waals surface area contributed by atoms with Crippen LogP contribution in [0.15, 0.2) is 15.9 Å². The van der Waals surface area contributed by atoms with Crippen LogP contribution in [0.2, 0.25) is 0 Å². The highest BCUT2D eigenvalue weighted by Crippen LogP contribution is 2.20. The zero-order valence-electron chi connectivity index (χ0n) is 9.07. The first kappa shape index (κ1) is 13.1. The van der Waals surface area contributed by atoms with Crippen molar-refractivity contribution in [1.29, 1.82) is 0 Å². The summed E-state index contributed by atoms with van der Waals surface area (Å²) in [5.74, 6) is 0. The van der Waals surface area contributed by atoms with E-state index in [4.69, 9.17) is 10.5 Å². The summed E-state index contributed by atoms with van der Waals surface area (Å²) in [6.45, 7) is 2.37. The molecule has 1 aromatic rings. The Hall–Kier alpha value is 0.0600. The average molecular weight is 293 g/mol. The van der Waals surface area contributed by atoms with E-state index in [-0.39, 0.29) is 6.10 Å². The van der Waals surface area contributed by atoms with Gasteiger partial charge in [0, 0.05) is 41.5 Å². The Morgan fingerprint density at radius 3 is 2.87 bits per heavy atom. The lowest BCUT2D eigenvalue weighted by atomic mass is 10.3. The number of likely N-dealkylation sites (N-methyl/N-ethyl adjacent to an activating group) is 1. The number of hydrogen-bond donors (Lipinski definition) is 1. The minimum atomic E-state index is 0.124. The predicted molar refractivity (Wildman–Crippen MR) is 68.2 cm³/mol. The third kappa shape index (κ3) is 4.61. The SMILES string of the molecule is COC(CN)CN(C)Cc1cc(Br)cs1. The minimum Gasteiger partial charge on any atom is -0.379 e. The van der Waals surface area contributed by atoms with Crippen LogP contribution in [-0.4, -0.2) is 38.3 Å². The molecule has 0 fully saturated rings. The van der Waals surface area contributed by atoms with E-state index in [0.717, 1.165) is 17.6 Å². The van der Waals surface area contributed by atoms with E-state index in [0.29, 0.717) is 6.54 Å². The lowest BCUT2D eigenvalue weighted by Gasteiger charge is -2.21. The van der Waals surface area contributed by atoms with Crippen molar-refractivity contribution < 1.29 is 4.74 Å². The molecule has 0 aromatic carbocycles. The molecule has 1 aromatic heterocycles. The van der Waals surface area contributed by atoms with Crippen molar-refractivity contribution in [2.75, 3.05) is 27.2 Å². The predicted octanol–water partition coefficient (Wildman–Crippen LogP) is 1.92. The Labute approximate surface area is 103 Å². The quantitative estimate of drug-likeness (QED) is 0.871. The van der Waals surface area contributed by atoms with Gasteiger partial charge in [-0.1, -0.05) is 0 Å². The number of hydrogen-bond acceptors (Lipinski definition) is 4. The van der Waals surface area contributed by atoms with Crippen molar-refractivity contribution in [2.45, 2.75) is 12.6 Å². The molecule has 3 nitrogen and oxygen atoms in total. The molecular formula is C10H17BrN2OS. The fraction of sp³-hybridized carbons (Fsp3) is 0.600. The molecule has 1 atom stereocenters. The van der Waals surface area contributed by atoms with Gasteiger partial charge in [0.2, 0.25) is 0 Å². The largest absolute Gasteiger partial charge is 0.379 e. The maximum Gasteiger partial charge on any atom is 0.0820 e. The number of nitrogens with two attached hydrogens (primary N) is 1. The van der Waals surface area contributed by atoms with E-state index in [1.54, 1.807) is 18.4 Å². The first-order chi connectivity index (χ1) is 7.15. The number of nitrogens with zero attached hydrogens (tertiary/aromatic N) is 1. The van der Waals surface area contributed by atoms with Crippen LogP contribution in [0.5, 0.6) is 0 Å². The maximum absolute atomic E-state index is 5.57. The summed E-state index contributed by atoms with van der Waals surface area (Å²) in [7, 11) is 3.78. The topological polar surface area (TPSA) is 38.5 Å². The van der Waals surface area contributed by atoms with E-state index >= 15 is 0 Å². The van der Waals surface area contributed by atoms with Gasteiger partial charge in [0.25, 0.3) is 0 Å². The second-order valence-electron chi connectivity index (χ2n) is 3.52. The summed E-state index contributed by atoms with van der Waals surface area (Å²) in [4.78, 5) is 3.57. The molecule has 0 radical (unpaired) electrons. The minimum absolute atomic E-state index is 0.124. The Morgan fingerprint density at radius 2 is 2.40 bits per heavy atom. The number of halogens is 1. The van der Waals surface area contributed by atoms with Gasteiger partial charge in [0.1, 0.15) is 0 Å². The summed E-state index contributed by atoms with van der Waals surface area (Å²) in [6, 6.07) is 2.14. The third-order valence-corrected chi connectivity index (χ3v) is 3.84. The monoisotopic (exact) mass is 292 g/mol. The van der Waals surface area contributed by atoms with Crippen LogP contribution in [0.25, 0.3) is 0 Å². The normalized spacial score (nSPS) is 13.4. The van der Waals surface area contributed by atoms with Crippen LogP contribution in [0.4, 0.5) is 0 Å². The second kappa shape index (κ2) is 6.60. The Bertz CT molecular complexity index is 289. The second-order valence-corrected chi connectivity index (χ2v) is 5.43. The number of methoxy groups -OCH3 is 1. The number of rotatable bonds is 6. The van der Waals surface area contributed by atoms with Crippen LogP contribution in [0.1, 0.15) is 4.88 Å². The van der Waals surface area contributed by atoms with Crippen molar-refractivity contribution in [2.24, 2.45) is 5.73 Å². The molecule has 0 amide bonds. The standard InChI is InChI=1S/C10H17BrN2OS/c1-13(5-9(4-12)14-2)6-10-3-8(11)7-15-10/h3,7,9H,4-6,12H2,1-2H3. The van der Waals surface area contributed by atoms with E-state index in [1.165, 1.54) is 4.88 Å². The lowest BCUT2D eigenvalue weighted by Crippen LogP contribution is -2.35. The molecule has 0 saturated heterocycles. The summed E-state index contributed by atoms with van der Waals surface area (Å²) in [5, 5.41) is 2.10. The Balaban J connectivity index is 2.38. The van der Waals surface area contributed by atoms with Gasteiger partial charge < -0.3 is 10.5 Å². The zero-order valence-corrected chi connectivity index (χ0v) is 11.5. The molecule has 1 unspecified atom stereocenters. The fourth-order valence-corrected chi connectivity index (χ4v) is 2.89. The van der Waals surface area contributed by atoms with Gasteiger partial charge >= 0.3 is 0 Å². The van der Waals surface area contributed by atoms with Gasteiger partial charge in [-0.05, 0) is 29.0 Å². The first-order valence-electron chi connectivity index (χ1n) is 4.80. The lowest BCUT2D eigenvalue weighted by molar-refractivity contribution is 0.0764. The van der Waals surface area contributed by atoms with E-state index < -0.39 is 0 Å². The van der Waals surface area contributed by atoms with Crippen LogP contribution in [0, 0.1) is 0 Å². The molecule has 2 N–H and O–H groups in total. The molecule has 0 aliphatic carbocycles.